The second kappa shape index (κ2) is 3.43. The van der Waals surface area contributed by atoms with Gasteiger partial charge < -0.3 is 5.11 Å². The van der Waals surface area contributed by atoms with Gasteiger partial charge in [-0.1, -0.05) is 11.3 Å². The molecule has 0 aromatic carbocycles. The lowest BCUT2D eigenvalue weighted by atomic mass is 9.95. The van der Waals surface area contributed by atoms with Crippen molar-refractivity contribution in [3.63, 3.8) is 0 Å². The summed E-state index contributed by atoms with van der Waals surface area (Å²) in [4.78, 5) is 0. The first kappa shape index (κ1) is 9.06. The number of aliphatic hydroxyl groups excluding tert-OH is 1. The van der Waals surface area contributed by atoms with E-state index in [2.05, 4.69) is 10.2 Å². The summed E-state index contributed by atoms with van der Waals surface area (Å²) in [5.41, 5.74) is 3.96. The molecule has 4 nitrogen and oxygen atoms in total. The second-order valence-corrected chi connectivity index (χ2v) is 4.53. The van der Waals surface area contributed by atoms with Crippen LogP contribution >= 0.6 is 11.3 Å². The normalized spacial score (nSPS) is 20.2. The van der Waals surface area contributed by atoms with Crippen LogP contribution in [0.1, 0.15) is 30.2 Å². The van der Waals surface area contributed by atoms with E-state index in [-0.39, 0.29) is 6.10 Å². The van der Waals surface area contributed by atoms with E-state index in [1.165, 1.54) is 17.0 Å². The van der Waals surface area contributed by atoms with Crippen LogP contribution in [0.2, 0.25) is 0 Å². The number of aromatic nitrogens is 3. The van der Waals surface area contributed by atoms with Gasteiger partial charge in [0, 0.05) is 17.5 Å². The Hall–Kier alpha value is -1.20. The van der Waals surface area contributed by atoms with Gasteiger partial charge in [-0.15, -0.1) is 10.2 Å². The molecule has 1 atom stereocenters. The summed E-state index contributed by atoms with van der Waals surface area (Å²) in [7, 11) is 0. The zero-order chi connectivity index (χ0) is 10.3. The van der Waals surface area contributed by atoms with E-state index >= 15 is 0 Å². The Morgan fingerprint density at radius 1 is 1.53 bits per heavy atom. The highest BCUT2D eigenvalue weighted by atomic mass is 32.1. The zero-order valence-corrected chi connectivity index (χ0v) is 8.94. The predicted octanol–water partition coefficient (Wildman–Crippen LogP) is 1.70. The van der Waals surface area contributed by atoms with Crippen LogP contribution in [-0.4, -0.2) is 19.9 Å². The number of aliphatic hydroxyl groups is 1. The van der Waals surface area contributed by atoms with E-state index in [0.717, 1.165) is 30.0 Å². The summed E-state index contributed by atoms with van der Waals surface area (Å²) in [6.07, 6.45) is 4.59. The monoisotopic (exact) mass is 221 g/mol. The molecule has 0 bridgehead atoms. The van der Waals surface area contributed by atoms with Gasteiger partial charge >= 0.3 is 0 Å². The van der Waals surface area contributed by atoms with Crippen LogP contribution in [0.5, 0.6) is 0 Å². The van der Waals surface area contributed by atoms with Gasteiger partial charge in [-0.2, -0.15) is 0 Å². The quantitative estimate of drug-likeness (QED) is 0.797. The Labute approximate surface area is 91.2 Å². The van der Waals surface area contributed by atoms with Gasteiger partial charge in [-0.3, -0.25) is 4.57 Å². The van der Waals surface area contributed by atoms with Crippen molar-refractivity contribution in [3.05, 3.63) is 29.0 Å². The summed E-state index contributed by atoms with van der Waals surface area (Å²) < 4.78 is 2.04. The second-order valence-electron chi connectivity index (χ2n) is 3.72. The van der Waals surface area contributed by atoms with Crippen molar-refractivity contribution in [1.82, 2.24) is 14.8 Å². The lowest BCUT2D eigenvalue weighted by Crippen LogP contribution is -2.10. The van der Waals surface area contributed by atoms with Gasteiger partial charge in [0.15, 0.2) is 0 Å². The minimum atomic E-state index is -0.303. The molecule has 1 aliphatic carbocycles. The Balaban J connectivity index is 2.11. The molecular weight excluding hydrogens is 210 g/mol. The Morgan fingerprint density at radius 2 is 2.47 bits per heavy atom. The van der Waals surface area contributed by atoms with Crippen LogP contribution in [0.4, 0.5) is 0 Å². The van der Waals surface area contributed by atoms with Crippen molar-refractivity contribution in [1.29, 1.82) is 0 Å². The Kier molecular flexibility index (Phi) is 2.07. The molecule has 1 unspecified atom stereocenters. The summed E-state index contributed by atoms with van der Waals surface area (Å²) in [5.74, 6) is 0. The third kappa shape index (κ3) is 1.39. The number of nitrogens with zero attached hydrogens (tertiary/aromatic N) is 3. The van der Waals surface area contributed by atoms with Crippen LogP contribution in [0, 0.1) is 0 Å². The molecule has 0 fully saturated rings. The van der Waals surface area contributed by atoms with Crippen molar-refractivity contribution < 1.29 is 5.11 Å². The maximum absolute atomic E-state index is 9.83. The molecule has 0 saturated heterocycles. The molecule has 0 saturated carbocycles. The molecule has 2 heterocycles. The molecule has 15 heavy (non-hydrogen) atoms. The first-order chi connectivity index (χ1) is 7.36. The van der Waals surface area contributed by atoms with E-state index in [1.807, 2.05) is 16.8 Å². The molecule has 5 heteroatoms. The first-order valence-electron chi connectivity index (χ1n) is 5.01. The smallest absolute Gasteiger partial charge is 0.216 e. The van der Waals surface area contributed by atoms with Crippen molar-refractivity contribution in [2.24, 2.45) is 0 Å². The fraction of sp³-hybridized carbons (Fsp3) is 0.400. The molecule has 1 aliphatic rings. The van der Waals surface area contributed by atoms with Crippen LogP contribution in [0.25, 0.3) is 5.13 Å². The van der Waals surface area contributed by atoms with Crippen molar-refractivity contribution in [2.45, 2.75) is 25.4 Å². The molecule has 78 valence electrons. The summed E-state index contributed by atoms with van der Waals surface area (Å²) >= 11 is 1.51. The predicted molar refractivity (Wildman–Crippen MR) is 57.1 cm³/mol. The SMILES string of the molecule is OC1CCCc2c1ccn2-c1nncs1. The highest BCUT2D eigenvalue weighted by Crippen LogP contribution is 2.31. The fourth-order valence-electron chi connectivity index (χ4n) is 2.12. The topological polar surface area (TPSA) is 50.9 Å². The van der Waals surface area contributed by atoms with Crippen molar-refractivity contribution in [3.8, 4) is 5.13 Å². The van der Waals surface area contributed by atoms with E-state index in [4.69, 9.17) is 0 Å². The van der Waals surface area contributed by atoms with Gasteiger partial charge in [0.25, 0.3) is 0 Å². The van der Waals surface area contributed by atoms with Crippen LogP contribution in [0.15, 0.2) is 17.8 Å². The van der Waals surface area contributed by atoms with Crippen LogP contribution in [-0.2, 0) is 6.42 Å². The van der Waals surface area contributed by atoms with Gasteiger partial charge in [0.1, 0.15) is 5.51 Å². The molecular formula is C10H11N3OS. The molecule has 1 N–H and O–H groups in total. The molecule has 2 aromatic rings. The molecule has 3 rings (SSSR count). The van der Waals surface area contributed by atoms with Gasteiger partial charge in [0.2, 0.25) is 5.13 Å². The lowest BCUT2D eigenvalue weighted by molar-refractivity contribution is 0.156. The minimum Gasteiger partial charge on any atom is -0.388 e. The molecule has 0 spiro atoms. The van der Waals surface area contributed by atoms with Gasteiger partial charge in [0.05, 0.1) is 6.10 Å². The molecule has 2 aromatic heterocycles. The molecule has 0 radical (unpaired) electrons. The minimum absolute atomic E-state index is 0.303. The lowest BCUT2D eigenvalue weighted by Gasteiger charge is -2.18. The third-order valence-corrected chi connectivity index (χ3v) is 3.52. The average molecular weight is 221 g/mol. The van der Waals surface area contributed by atoms with Gasteiger partial charge in [-0.25, -0.2) is 0 Å². The van der Waals surface area contributed by atoms with Crippen LogP contribution < -0.4 is 0 Å². The largest absolute Gasteiger partial charge is 0.388 e. The number of hydrogen-bond donors (Lipinski definition) is 1. The molecule has 0 aliphatic heterocycles. The van der Waals surface area contributed by atoms with E-state index in [0.29, 0.717) is 0 Å². The molecule has 0 amide bonds. The summed E-state index contributed by atoms with van der Waals surface area (Å²) in [6, 6.07) is 1.99. The van der Waals surface area contributed by atoms with E-state index in [1.54, 1.807) is 5.51 Å². The Bertz CT molecular complexity index is 463. The summed E-state index contributed by atoms with van der Waals surface area (Å²) in [6.45, 7) is 0. The maximum atomic E-state index is 9.83. The van der Waals surface area contributed by atoms with Gasteiger partial charge in [-0.05, 0) is 25.3 Å². The first-order valence-corrected chi connectivity index (χ1v) is 5.89. The third-order valence-electron chi connectivity index (χ3n) is 2.83. The number of fused-ring (bicyclic) bond motifs is 1. The van der Waals surface area contributed by atoms with E-state index < -0.39 is 0 Å². The van der Waals surface area contributed by atoms with Crippen molar-refractivity contribution >= 4 is 11.3 Å². The zero-order valence-electron chi connectivity index (χ0n) is 8.13. The average Bonchev–Trinajstić information content (AvgIpc) is 2.85. The summed E-state index contributed by atoms with van der Waals surface area (Å²) in [5, 5.41) is 18.6. The number of hydrogen-bond acceptors (Lipinski definition) is 4. The maximum Gasteiger partial charge on any atom is 0.216 e. The highest BCUT2D eigenvalue weighted by Gasteiger charge is 2.22. The van der Waals surface area contributed by atoms with Crippen LogP contribution in [0.3, 0.4) is 0 Å². The fourth-order valence-corrected chi connectivity index (χ4v) is 2.69. The standard InChI is InChI=1S/C10H11N3OS/c14-9-3-1-2-8-7(9)4-5-13(8)10-12-11-6-15-10/h4-6,9,14H,1-3H2. The Morgan fingerprint density at radius 3 is 3.27 bits per heavy atom. The number of rotatable bonds is 1. The van der Waals surface area contributed by atoms with Crippen molar-refractivity contribution in [2.75, 3.05) is 0 Å². The highest BCUT2D eigenvalue weighted by molar-refractivity contribution is 7.11. The van der Waals surface area contributed by atoms with E-state index in [9.17, 15) is 5.11 Å².